The highest BCUT2D eigenvalue weighted by molar-refractivity contribution is 5.99. The standard InChI is InChI=1S/C55H76FN9O7/c1-11-55(7,8)65-32-38(39-20-14-15-21-43(39)65)31-42-53(71)63(10)45(26-33(2)3)50(68)59-41(29-37-23-24-57-47(56)30-37)48(66)58-35(6)52(70)62(9)44-22-13-12-16-25-64(54(44)72)46(27-34(4)5)51(69)60-40(49(67)61-42)28-36-18-17-19-36/h11-15,20-21,23-24,30,32-36,40-42,44-46H,1,16-19,22,25-29,31H2,2-10H3,(H,58,66)(H,59,68)(H,60,69)(H,61,67)/b13-12-/t35-,40-,41-,42-,44-,45-,46-/m0/s1. The Hall–Kier alpha value is -6.39. The molecule has 7 atom stereocenters. The molecule has 0 spiro atoms. The van der Waals surface area contributed by atoms with Crippen LogP contribution >= 0.6 is 0 Å². The lowest BCUT2D eigenvalue weighted by molar-refractivity contribution is -0.150. The molecule has 1 saturated heterocycles. The van der Waals surface area contributed by atoms with Crippen molar-refractivity contribution in [3.63, 3.8) is 0 Å². The molecule has 3 aliphatic rings. The predicted octanol–water partition coefficient (Wildman–Crippen LogP) is 5.34. The predicted molar refractivity (Wildman–Crippen MR) is 274 cm³/mol. The van der Waals surface area contributed by atoms with E-state index in [9.17, 15) is 28.4 Å². The first kappa shape index (κ1) is 54.9. The summed E-state index contributed by atoms with van der Waals surface area (Å²) in [5, 5.41) is 12.5. The Balaban J connectivity index is 1.50. The summed E-state index contributed by atoms with van der Waals surface area (Å²) in [6.07, 6.45) is 12.5. The molecule has 7 amide bonds. The fourth-order valence-corrected chi connectivity index (χ4v) is 10.1. The normalized spacial score (nSPS) is 25.5. The molecule has 17 heteroatoms. The van der Waals surface area contributed by atoms with Crippen LogP contribution in [0.4, 0.5) is 4.39 Å². The number of para-hydroxylation sites is 1. The van der Waals surface area contributed by atoms with E-state index < -0.39 is 95.1 Å². The second-order valence-corrected chi connectivity index (χ2v) is 21.5. The van der Waals surface area contributed by atoms with E-state index in [0.29, 0.717) is 18.4 Å². The molecule has 2 aliphatic heterocycles. The van der Waals surface area contributed by atoms with Crippen molar-refractivity contribution in [2.45, 2.75) is 161 Å². The van der Waals surface area contributed by atoms with E-state index in [2.05, 4.69) is 37.4 Å². The lowest BCUT2D eigenvalue weighted by Gasteiger charge is -2.39. The van der Waals surface area contributed by atoms with E-state index in [1.807, 2.05) is 90.2 Å². The number of rotatable bonds is 12. The van der Waals surface area contributed by atoms with Gasteiger partial charge in [0.2, 0.25) is 47.3 Å². The quantitative estimate of drug-likeness (QED) is 0.138. The molecule has 2 aromatic heterocycles. The molecule has 2 bridgehead atoms. The zero-order valence-electron chi connectivity index (χ0n) is 43.6. The number of carbonyl (C=O) groups excluding carboxylic acids is 7. The Labute approximate surface area is 424 Å². The molecule has 72 heavy (non-hydrogen) atoms. The maximum Gasteiger partial charge on any atom is 0.246 e. The number of likely N-dealkylation sites (N-methyl/N-ethyl adjacent to an activating group) is 2. The zero-order chi connectivity index (χ0) is 52.6. The number of fused-ring (bicyclic) bond motifs is 3. The summed E-state index contributed by atoms with van der Waals surface area (Å²) in [5.41, 5.74) is 1.41. The van der Waals surface area contributed by atoms with Crippen LogP contribution in [0.2, 0.25) is 0 Å². The molecule has 2 fully saturated rings. The second-order valence-electron chi connectivity index (χ2n) is 21.5. The lowest BCUT2D eigenvalue weighted by Crippen LogP contribution is -2.61. The summed E-state index contributed by atoms with van der Waals surface area (Å²) in [6.45, 7) is 17.4. The Morgan fingerprint density at radius 2 is 1.42 bits per heavy atom. The van der Waals surface area contributed by atoms with Crippen molar-refractivity contribution < 1.29 is 38.0 Å². The molecule has 1 aromatic carbocycles. The summed E-state index contributed by atoms with van der Waals surface area (Å²) < 4.78 is 16.6. The van der Waals surface area contributed by atoms with E-state index >= 15 is 9.59 Å². The first-order chi connectivity index (χ1) is 34.1. The number of amides is 7. The highest BCUT2D eigenvalue weighted by Gasteiger charge is 2.42. The molecule has 4 N–H and O–H groups in total. The number of aromatic nitrogens is 2. The Bertz CT molecular complexity index is 2520. The summed E-state index contributed by atoms with van der Waals surface area (Å²) in [5.74, 6) is -5.10. The minimum Gasteiger partial charge on any atom is -0.343 e. The van der Waals surface area contributed by atoms with Crippen molar-refractivity contribution in [2.75, 3.05) is 20.6 Å². The molecule has 16 nitrogen and oxygen atoms in total. The van der Waals surface area contributed by atoms with Gasteiger partial charge in [0.05, 0.1) is 5.54 Å². The van der Waals surface area contributed by atoms with E-state index in [1.54, 1.807) is 0 Å². The fraction of sp³-hybridized carbons (Fsp3) is 0.564. The van der Waals surface area contributed by atoms with Crippen LogP contribution in [0.3, 0.4) is 0 Å². The van der Waals surface area contributed by atoms with Gasteiger partial charge in [0.1, 0.15) is 42.3 Å². The number of pyridine rings is 1. The van der Waals surface area contributed by atoms with E-state index in [4.69, 9.17) is 0 Å². The van der Waals surface area contributed by atoms with Crippen LogP contribution in [-0.4, -0.2) is 129 Å². The molecule has 1 aliphatic carbocycles. The number of nitrogens with zero attached hydrogens (tertiary/aromatic N) is 5. The van der Waals surface area contributed by atoms with E-state index in [0.717, 1.165) is 41.8 Å². The highest BCUT2D eigenvalue weighted by atomic mass is 19.1. The van der Waals surface area contributed by atoms with Gasteiger partial charge in [-0.1, -0.05) is 83.4 Å². The van der Waals surface area contributed by atoms with Gasteiger partial charge in [0.15, 0.2) is 0 Å². The summed E-state index contributed by atoms with van der Waals surface area (Å²) >= 11 is 0. The molecule has 4 heterocycles. The van der Waals surface area contributed by atoms with Crippen molar-refractivity contribution in [3.05, 3.63) is 90.7 Å². The maximum atomic E-state index is 15.4. The third-order valence-corrected chi connectivity index (χ3v) is 14.6. The van der Waals surface area contributed by atoms with Crippen LogP contribution in [0.1, 0.15) is 111 Å². The van der Waals surface area contributed by atoms with Crippen molar-refractivity contribution >= 4 is 52.3 Å². The van der Waals surface area contributed by atoms with Crippen molar-refractivity contribution in [3.8, 4) is 0 Å². The smallest absolute Gasteiger partial charge is 0.246 e. The highest BCUT2D eigenvalue weighted by Crippen LogP contribution is 2.32. The Morgan fingerprint density at radius 1 is 0.778 bits per heavy atom. The molecule has 390 valence electrons. The van der Waals surface area contributed by atoms with Gasteiger partial charge in [-0.15, -0.1) is 6.58 Å². The Kier molecular flexibility index (Phi) is 18.2. The van der Waals surface area contributed by atoms with Gasteiger partial charge >= 0.3 is 0 Å². The third kappa shape index (κ3) is 13.2. The summed E-state index contributed by atoms with van der Waals surface area (Å²) in [7, 11) is 2.97. The first-order valence-electron chi connectivity index (χ1n) is 25.6. The number of hydrogen-bond acceptors (Lipinski definition) is 8. The third-order valence-electron chi connectivity index (χ3n) is 14.6. The van der Waals surface area contributed by atoms with Gasteiger partial charge in [-0.05, 0) is 100.0 Å². The van der Waals surface area contributed by atoms with Crippen LogP contribution < -0.4 is 21.3 Å². The second kappa shape index (κ2) is 23.9. The average molecular weight is 994 g/mol. The number of benzene rings is 1. The fourth-order valence-electron chi connectivity index (χ4n) is 10.1. The summed E-state index contributed by atoms with van der Waals surface area (Å²) in [4.78, 5) is 112. The number of nitrogens with one attached hydrogen (secondary N) is 4. The van der Waals surface area contributed by atoms with Crippen LogP contribution in [0.25, 0.3) is 10.9 Å². The minimum atomic E-state index is -1.37. The van der Waals surface area contributed by atoms with Crippen molar-refractivity contribution in [1.82, 2.24) is 45.5 Å². The van der Waals surface area contributed by atoms with Crippen LogP contribution in [0.15, 0.2) is 73.6 Å². The first-order valence-corrected chi connectivity index (χ1v) is 25.6. The molecule has 0 radical (unpaired) electrons. The monoisotopic (exact) mass is 994 g/mol. The number of hydrogen-bond donors (Lipinski definition) is 4. The zero-order valence-corrected chi connectivity index (χ0v) is 43.6. The van der Waals surface area contributed by atoms with E-state index in [1.165, 1.54) is 48.0 Å². The number of halogens is 1. The number of allylic oxidation sites excluding steroid dienone is 1. The van der Waals surface area contributed by atoms with Gasteiger partial charge in [0, 0.05) is 56.8 Å². The van der Waals surface area contributed by atoms with Crippen LogP contribution in [0.5, 0.6) is 0 Å². The molecule has 6 rings (SSSR count). The van der Waals surface area contributed by atoms with Gasteiger partial charge in [-0.25, -0.2) is 4.98 Å². The van der Waals surface area contributed by atoms with Gasteiger partial charge < -0.3 is 40.5 Å². The molecule has 1 saturated carbocycles. The van der Waals surface area contributed by atoms with Crippen molar-refractivity contribution in [2.24, 2.45) is 17.8 Å². The molecular weight excluding hydrogens is 918 g/mol. The number of carbonyl (C=O) groups is 7. The van der Waals surface area contributed by atoms with Gasteiger partial charge in [-0.3, -0.25) is 33.6 Å². The van der Waals surface area contributed by atoms with Crippen molar-refractivity contribution in [1.29, 1.82) is 0 Å². The lowest BCUT2D eigenvalue weighted by atomic mass is 9.80. The summed E-state index contributed by atoms with van der Waals surface area (Å²) in [6, 6.07) is 2.22. The maximum absolute atomic E-state index is 15.4. The average Bonchev–Trinajstić information content (AvgIpc) is 3.69. The van der Waals surface area contributed by atoms with Crippen LogP contribution in [0, 0.1) is 23.7 Å². The van der Waals surface area contributed by atoms with Crippen LogP contribution in [-0.2, 0) is 51.9 Å². The minimum absolute atomic E-state index is 0.000987. The molecule has 0 unspecified atom stereocenters. The SMILES string of the molecule is C=CC(C)(C)n1cc(C[C@@H]2NC(=O)[C@H](CC3CCC3)NC(=O)[C@H](CC(C)C)N3CC/C=C\C[C@@H](C3=O)N(C)C(=O)[C@H](C)NC(=O)[C@H](Cc3ccnc(F)c3)NC(=O)[C@H](CC(C)C)N(C)C2=O)c2ccccc21. The largest absolute Gasteiger partial charge is 0.343 e. The van der Waals surface area contributed by atoms with Gasteiger partial charge in [-0.2, -0.15) is 4.39 Å². The Morgan fingerprint density at radius 3 is 2.07 bits per heavy atom. The van der Waals surface area contributed by atoms with E-state index in [-0.39, 0.29) is 56.4 Å². The topological polar surface area (TPSA) is 195 Å². The molecular formula is C55H76FN9O7. The van der Waals surface area contributed by atoms with Gasteiger partial charge in [0.25, 0.3) is 0 Å². The molecule has 3 aromatic rings.